The van der Waals surface area contributed by atoms with Crippen molar-refractivity contribution in [3.8, 4) is 0 Å². The Hall–Kier alpha value is -0.410. The zero-order chi connectivity index (χ0) is 13.1. The van der Waals surface area contributed by atoms with Gasteiger partial charge in [-0.3, -0.25) is 0 Å². The first-order valence-electron chi connectivity index (χ1n) is 5.98. The molecule has 0 fully saturated rings. The number of benzene rings is 1. The molecule has 0 spiro atoms. The van der Waals surface area contributed by atoms with E-state index in [2.05, 4.69) is 48.9 Å². The molecule has 1 aromatic rings. The van der Waals surface area contributed by atoms with Gasteiger partial charge in [-0.25, -0.2) is 4.39 Å². The van der Waals surface area contributed by atoms with Crippen molar-refractivity contribution in [2.45, 2.75) is 40.2 Å². The molecular formula is C14H21BrFN. The molecule has 0 bridgehead atoms. The minimum absolute atomic E-state index is 0.212. The molecule has 3 heteroatoms. The fourth-order valence-electron chi connectivity index (χ4n) is 1.56. The summed E-state index contributed by atoms with van der Waals surface area (Å²) in [6.45, 7) is 9.76. The Morgan fingerprint density at radius 1 is 1.35 bits per heavy atom. The van der Waals surface area contributed by atoms with Crippen LogP contribution in [0.15, 0.2) is 22.7 Å². The largest absolute Gasteiger partial charge is 0.310 e. The number of hydrogen-bond acceptors (Lipinski definition) is 1. The van der Waals surface area contributed by atoms with E-state index >= 15 is 0 Å². The van der Waals surface area contributed by atoms with Crippen LogP contribution in [0.4, 0.5) is 4.39 Å². The number of nitrogens with one attached hydrogen (secondary N) is 1. The Balaban J connectivity index is 2.52. The second-order valence-corrected chi connectivity index (χ2v) is 6.51. The lowest BCUT2D eigenvalue weighted by Gasteiger charge is -2.21. The molecule has 96 valence electrons. The van der Waals surface area contributed by atoms with Crippen molar-refractivity contribution < 1.29 is 4.39 Å². The molecule has 1 aromatic carbocycles. The van der Waals surface area contributed by atoms with E-state index in [0.717, 1.165) is 18.5 Å². The van der Waals surface area contributed by atoms with Crippen molar-refractivity contribution in [1.82, 2.24) is 5.32 Å². The van der Waals surface area contributed by atoms with Crippen LogP contribution in [0.2, 0.25) is 0 Å². The van der Waals surface area contributed by atoms with Crippen molar-refractivity contribution in [3.63, 3.8) is 0 Å². The maximum Gasteiger partial charge on any atom is 0.137 e. The summed E-state index contributed by atoms with van der Waals surface area (Å²) in [5, 5.41) is 3.46. The Morgan fingerprint density at radius 3 is 2.53 bits per heavy atom. The van der Waals surface area contributed by atoms with Crippen LogP contribution < -0.4 is 5.32 Å². The monoisotopic (exact) mass is 301 g/mol. The van der Waals surface area contributed by atoms with Gasteiger partial charge in [0.25, 0.3) is 0 Å². The molecule has 0 amide bonds. The van der Waals surface area contributed by atoms with Crippen LogP contribution in [0, 0.1) is 11.2 Å². The first-order valence-corrected chi connectivity index (χ1v) is 6.77. The van der Waals surface area contributed by atoms with E-state index in [-0.39, 0.29) is 11.9 Å². The summed E-state index contributed by atoms with van der Waals surface area (Å²) in [4.78, 5) is 0. The van der Waals surface area contributed by atoms with E-state index in [0.29, 0.717) is 9.89 Å². The van der Waals surface area contributed by atoms with Gasteiger partial charge in [-0.2, -0.15) is 0 Å². The molecule has 0 heterocycles. The van der Waals surface area contributed by atoms with Crippen molar-refractivity contribution in [2.24, 2.45) is 5.41 Å². The van der Waals surface area contributed by atoms with Gasteiger partial charge in [0.05, 0.1) is 4.47 Å². The van der Waals surface area contributed by atoms with Gasteiger partial charge >= 0.3 is 0 Å². The Kier molecular flexibility index (Phi) is 5.14. The van der Waals surface area contributed by atoms with Crippen molar-refractivity contribution in [2.75, 3.05) is 6.54 Å². The molecule has 0 radical (unpaired) electrons. The summed E-state index contributed by atoms with van der Waals surface area (Å²) in [5.74, 6) is -0.212. The SMILES string of the molecule is CC(NCCC(C)(C)C)c1ccc(F)c(Br)c1. The smallest absolute Gasteiger partial charge is 0.137 e. The predicted octanol–water partition coefficient (Wildman–Crippen LogP) is 4.68. The molecule has 1 unspecified atom stereocenters. The lowest BCUT2D eigenvalue weighted by atomic mass is 9.92. The van der Waals surface area contributed by atoms with Gasteiger partial charge in [0.15, 0.2) is 0 Å². The Morgan fingerprint density at radius 2 is 2.00 bits per heavy atom. The molecule has 1 nitrogen and oxygen atoms in total. The summed E-state index contributed by atoms with van der Waals surface area (Å²) in [6.07, 6.45) is 1.12. The topological polar surface area (TPSA) is 12.0 Å². The fraction of sp³-hybridized carbons (Fsp3) is 0.571. The maximum atomic E-state index is 13.1. The van der Waals surface area contributed by atoms with Gasteiger partial charge < -0.3 is 5.32 Å². The second kappa shape index (κ2) is 5.96. The second-order valence-electron chi connectivity index (χ2n) is 5.66. The Bertz CT molecular complexity index is 371. The minimum Gasteiger partial charge on any atom is -0.310 e. The number of hydrogen-bond donors (Lipinski definition) is 1. The number of rotatable bonds is 4. The predicted molar refractivity (Wildman–Crippen MR) is 74.6 cm³/mol. The molecular weight excluding hydrogens is 281 g/mol. The molecule has 0 saturated heterocycles. The summed E-state index contributed by atoms with van der Waals surface area (Å²) in [5.41, 5.74) is 1.45. The average Bonchev–Trinajstić information content (AvgIpc) is 2.20. The zero-order valence-electron chi connectivity index (χ0n) is 11.0. The van der Waals surface area contributed by atoms with Crippen LogP contribution in [0.25, 0.3) is 0 Å². The quantitative estimate of drug-likeness (QED) is 0.852. The average molecular weight is 302 g/mol. The highest BCUT2D eigenvalue weighted by Crippen LogP contribution is 2.22. The van der Waals surface area contributed by atoms with Crippen LogP contribution in [0.1, 0.15) is 45.7 Å². The van der Waals surface area contributed by atoms with Gasteiger partial charge in [-0.1, -0.05) is 26.8 Å². The van der Waals surface area contributed by atoms with Crippen LogP contribution in [0.3, 0.4) is 0 Å². The molecule has 0 aromatic heterocycles. The third-order valence-electron chi connectivity index (χ3n) is 2.77. The zero-order valence-corrected chi connectivity index (χ0v) is 12.6. The standard InChI is InChI=1S/C14H21BrFN/c1-10(17-8-7-14(2,3)4)11-5-6-13(16)12(15)9-11/h5-6,9-10,17H,7-8H2,1-4H3. The molecule has 0 saturated carbocycles. The van der Waals surface area contributed by atoms with Crippen LogP contribution in [0.5, 0.6) is 0 Å². The lowest BCUT2D eigenvalue weighted by molar-refractivity contribution is 0.358. The van der Waals surface area contributed by atoms with E-state index in [4.69, 9.17) is 0 Å². The molecule has 0 aliphatic carbocycles. The summed E-state index contributed by atoms with van der Waals surface area (Å²) < 4.78 is 13.6. The van der Waals surface area contributed by atoms with Crippen LogP contribution in [-0.4, -0.2) is 6.54 Å². The lowest BCUT2D eigenvalue weighted by Crippen LogP contribution is -2.23. The van der Waals surface area contributed by atoms with E-state index in [1.54, 1.807) is 0 Å². The van der Waals surface area contributed by atoms with Gasteiger partial charge in [0.1, 0.15) is 5.82 Å². The molecule has 0 aliphatic rings. The van der Waals surface area contributed by atoms with E-state index in [1.807, 2.05) is 12.1 Å². The highest BCUT2D eigenvalue weighted by molar-refractivity contribution is 9.10. The van der Waals surface area contributed by atoms with E-state index in [9.17, 15) is 4.39 Å². The van der Waals surface area contributed by atoms with E-state index in [1.165, 1.54) is 6.07 Å². The van der Waals surface area contributed by atoms with Crippen molar-refractivity contribution >= 4 is 15.9 Å². The third kappa shape index (κ3) is 5.17. The first-order chi connectivity index (χ1) is 7.79. The van der Waals surface area contributed by atoms with Gasteiger partial charge in [-0.05, 0) is 58.9 Å². The normalized spacial score (nSPS) is 13.8. The summed E-state index contributed by atoms with van der Waals surface area (Å²) in [6, 6.07) is 5.41. The maximum absolute atomic E-state index is 13.1. The highest BCUT2D eigenvalue weighted by atomic mass is 79.9. The van der Waals surface area contributed by atoms with Crippen molar-refractivity contribution in [1.29, 1.82) is 0 Å². The van der Waals surface area contributed by atoms with Crippen LogP contribution in [-0.2, 0) is 0 Å². The molecule has 17 heavy (non-hydrogen) atoms. The molecule has 1 atom stereocenters. The van der Waals surface area contributed by atoms with Crippen molar-refractivity contribution in [3.05, 3.63) is 34.1 Å². The fourth-order valence-corrected chi connectivity index (χ4v) is 1.96. The number of halogens is 2. The first kappa shape index (κ1) is 14.7. The summed E-state index contributed by atoms with van der Waals surface area (Å²) in [7, 11) is 0. The molecule has 1 rings (SSSR count). The van der Waals surface area contributed by atoms with Crippen LogP contribution >= 0.6 is 15.9 Å². The van der Waals surface area contributed by atoms with Gasteiger partial charge in [0.2, 0.25) is 0 Å². The summed E-state index contributed by atoms with van der Waals surface area (Å²) >= 11 is 3.21. The minimum atomic E-state index is -0.212. The molecule has 0 aliphatic heterocycles. The van der Waals surface area contributed by atoms with E-state index < -0.39 is 0 Å². The van der Waals surface area contributed by atoms with Gasteiger partial charge in [-0.15, -0.1) is 0 Å². The third-order valence-corrected chi connectivity index (χ3v) is 3.38. The molecule has 1 N–H and O–H groups in total. The highest BCUT2D eigenvalue weighted by Gasteiger charge is 2.11. The van der Waals surface area contributed by atoms with Gasteiger partial charge in [0, 0.05) is 6.04 Å². The Labute approximate surface area is 112 Å².